The maximum absolute atomic E-state index is 10.7. The smallest absolute Gasteiger partial charge is 0.391 e. The van der Waals surface area contributed by atoms with Crippen LogP contribution in [0.15, 0.2) is 18.3 Å². The molecule has 1 aromatic heterocycles. The molecule has 3 N–H and O–H groups in total. The third-order valence-electron chi connectivity index (χ3n) is 5.94. The van der Waals surface area contributed by atoms with Crippen LogP contribution >= 0.6 is 0 Å². The van der Waals surface area contributed by atoms with Crippen molar-refractivity contribution in [3.05, 3.63) is 23.9 Å². The van der Waals surface area contributed by atoms with Crippen molar-refractivity contribution in [3.8, 4) is 5.88 Å². The zero-order valence-corrected chi connectivity index (χ0v) is 18.4. The van der Waals surface area contributed by atoms with Crippen LogP contribution in [0.3, 0.4) is 0 Å². The highest BCUT2D eigenvalue weighted by Crippen LogP contribution is 2.44. The Kier molecular flexibility index (Phi) is 11.8. The molecule has 0 spiro atoms. The number of hydrogen-bond acceptors (Lipinski definition) is 4. The summed E-state index contributed by atoms with van der Waals surface area (Å²) in [5, 5.41) is 3.55. The summed E-state index contributed by atoms with van der Waals surface area (Å²) < 4.78 is 4.76. The first-order valence-electron chi connectivity index (χ1n) is 11.1. The molecule has 1 aromatic rings. The first-order valence-corrected chi connectivity index (χ1v) is 11.1. The second kappa shape index (κ2) is 13.5. The van der Waals surface area contributed by atoms with E-state index >= 15 is 0 Å². The van der Waals surface area contributed by atoms with Gasteiger partial charge in [-0.05, 0) is 49.1 Å². The van der Waals surface area contributed by atoms with E-state index in [1.54, 1.807) is 12.3 Å². The Balaban J connectivity index is 2.53. The van der Waals surface area contributed by atoms with Gasteiger partial charge in [-0.2, -0.15) is 0 Å². The molecule has 0 aromatic carbocycles. The molecule has 28 heavy (non-hydrogen) atoms. The topological polar surface area (TPSA) is 77.2 Å². The zero-order valence-electron chi connectivity index (χ0n) is 18.4. The Morgan fingerprint density at radius 2 is 1.82 bits per heavy atom. The molecule has 1 atom stereocenters. The highest BCUT2D eigenvalue weighted by Gasteiger charge is 2.33. The van der Waals surface area contributed by atoms with E-state index in [4.69, 9.17) is 10.5 Å². The van der Waals surface area contributed by atoms with Crippen LogP contribution in [0, 0.1) is 11.3 Å². The standard InChI is InChI=1S/C23H41N3O2/c1-5-8-14-23(13-7-3,15-9-6-2)19(4)12-16-25-17-20-10-11-21(26-18-20)28-22(24)27/h10-11,18-19,25H,5-9,12-17H2,1-4H3,(H2,24,27). The van der Waals surface area contributed by atoms with Crippen molar-refractivity contribution in [3.63, 3.8) is 0 Å². The van der Waals surface area contributed by atoms with Crippen molar-refractivity contribution >= 4 is 6.09 Å². The summed E-state index contributed by atoms with van der Waals surface area (Å²) in [6.45, 7) is 11.2. The number of nitrogens with zero attached hydrogens (tertiary/aromatic N) is 1. The van der Waals surface area contributed by atoms with Crippen molar-refractivity contribution in [2.45, 2.75) is 92.0 Å². The number of carbonyl (C=O) groups excluding carboxylic acids is 1. The zero-order chi connectivity index (χ0) is 20.8. The lowest BCUT2D eigenvalue weighted by atomic mass is 9.65. The normalized spacial score (nSPS) is 12.7. The summed E-state index contributed by atoms with van der Waals surface area (Å²) in [5.74, 6) is 0.962. The second-order valence-corrected chi connectivity index (χ2v) is 8.11. The Labute approximate surface area is 171 Å². The summed E-state index contributed by atoms with van der Waals surface area (Å²) in [6, 6.07) is 3.58. The number of pyridine rings is 1. The predicted molar refractivity (Wildman–Crippen MR) is 116 cm³/mol. The molecule has 0 saturated heterocycles. The van der Waals surface area contributed by atoms with Crippen molar-refractivity contribution < 1.29 is 9.53 Å². The van der Waals surface area contributed by atoms with Crippen molar-refractivity contribution in [1.82, 2.24) is 10.3 Å². The molecule has 0 saturated carbocycles. The second-order valence-electron chi connectivity index (χ2n) is 8.11. The molecule has 1 rings (SSSR count). The number of hydrogen-bond donors (Lipinski definition) is 2. The minimum Gasteiger partial charge on any atom is -0.391 e. The van der Waals surface area contributed by atoms with E-state index < -0.39 is 6.09 Å². The van der Waals surface area contributed by atoms with Gasteiger partial charge in [-0.15, -0.1) is 0 Å². The Bertz CT molecular complexity index is 537. The monoisotopic (exact) mass is 391 g/mol. The number of rotatable bonds is 15. The molecule has 0 radical (unpaired) electrons. The molecule has 0 aliphatic rings. The Hall–Kier alpha value is -1.62. The highest BCUT2D eigenvalue weighted by molar-refractivity contribution is 5.67. The van der Waals surface area contributed by atoms with Crippen molar-refractivity contribution in [2.75, 3.05) is 6.54 Å². The van der Waals surface area contributed by atoms with Crippen molar-refractivity contribution in [2.24, 2.45) is 17.1 Å². The van der Waals surface area contributed by atoms with Gasteiger partial charge in [0, 0.05) is 18.8 Å². The molecule has 1 unspecified atom stereocenters. The van der Waals surface area contributed by atoms with E-state index in [2.05, 4.69) is 38.0 Å². The Morgan fingerprint density at radius 3 is 2.32 bits per heavy atom. The van der Waals surface area contributed by atoms with Crippen LogP contribution in [0.4, 0.5) is 4.79 Å². The maximum Gasteiger partial charge on any atom is 0.411 e. The van der Waals surface area contributed by atoms with Crippen LogP contribution in [0.25, 0.3) is 0 Å². The van der Waals surface area contributed by atoms with Gasteiger partial charge in [-0.25, -0.2) is 9.78 Å². The number of nitrogens with two attached hydrogens (primary N) is 1. The molecule has 0 aliphatic heterocycles. The van der Waals surface area contributed by atoms with Crippen LogP contribution in [0.2, 0.25) is 0 Å². The summed E-state index contributed by atoms with van der Waals surface area (Å²) >= 11 is 0. The average Bonchev–Trinajstić information content (AvgIpc) is 2.68. The minimum atomic E-state index is -0.839. The summed E-state index contributed by atoms with van der Waals surface area (Å²) in [7, 11) is 0. The van der Waals surface area contributed by atoms with Crippen LogP contribution in [-0.2, 0) is 6.54 Å². The average molecular weight is 392 g/mol. The molecular formula is C23H41N3O2. The highest BCUT2D eigenvalue weighted by atomic mass is 16.6. The molecule has 1 amide bonds. The summed E-state index contributed by atoms with van der Waals surface area (Å²) in [6.07, 6.45) is 12.7. The number of aromatic nitrogens is 1. The van der Waals surface area contributed by atoms with Gasteiger partial charge in [0.1, 0.15) is 0 Å². The minimum absolute atomic E-state index is 0.237. The van der Waals surface area contributed by atoms with Crippen LogP contribution in [0.5, 0.6) is 5.88 Å². The maximum atomic E-state index is 10.7. The number of primary amides is 1. The quantitative estimate of drug-likeness (QED) is 0.369. The molecule has 5 heteroatoms. The first kappa shape index (κ1) is 24.4. The van der Waals surface area contributed by atoms with Gasteiger partial charge in [-0.3, -0.25) is 0 Å². The van der Waals surface area contributed by atoms with E-state index in [-0.39, 0.29) is 5.88 Å². The van der Waals surface area contributed by atoms with Crippen LogP contribution in [-0.4, -0.2) is 17.6 Å². The van der Waals surface area contributed by atoms with E-state index in [1.165, 1.54) is 57.8 Å². The number of unbranched alkanes of at least 4 members (excludes halogenated alkanes) is 2. The van der Waals surface area contributed by atoms with Gasteiger partial charge < -0.3 is 15.8 Å². The van der Waals surface area contributed by atoms with Gasteiger partial charge in [0.05, 0.1) is 0 Å². The fraction of sp³-hybridized carbons (Fsp3) is 0.739. The molecule has 1 heterocycles. The summed E-state index contributed by atoms with van der Waals surface area (Å²) in [4.78, 5) is 14.8. The van der Waals surface area contributed by atoms with E-state index in [9.17, 15) is 4.79 Å². The lowest BCUT2D eigenvalue weighted by molar-refractivity contribution is 0.109. The fourth-order valence-electron chi connectivity index (χ4n) is 4.21. The van der Waals surface area contributed by atoms with Gasteiger partial charge in [0.2, 0.25) is 5.88 Å². The van der Waals surface area contributed by atoms with E-state index in [1.807, 2.05) is 6.07 Å². The summed E-state index contributed by atoms with van der Waals surface area (Å²) in [5.41, 5.74) is 6.56. The van der Waals surface area contributed by atoms with Crippen molar-refractivity contribution in [1.29, 1.82) is 0 Å². The van der Waals surface area contributed by atoms with Crippen LogP contribution in [0.1, 0.15) is 91.0 Å². The molecule has 0 bridgehead atoms. The number of amides is 1. The van der Waals surface area contributed by atoms with Gasteiger partial charge >= 0.3 is 6.09 Å². The third kappa shape index (κ3) is 8.59. The third-order valence-corrected chi connectivity index (χ3v) is 5.94. The van der Waals surface area contributed by atoms with Gasteiger partial charge in [-0.1, -0.05) is 65.9 Å². The predicted octanol–water partition coefficient (Wildman–Crippen LogP) is 5.82. The molecule has 160 valence electrons. The fourth-order valence-corrected chi connectivity index (χ4v) is 4.21. The number of ether oxygens (including phenoxy) is 1. The van der Waals surface area contributed by atoms with E-state index in [0.29, 0.717) is 5.41 Å². The molecule has 0 aliphatic carbocycles. The van der Waals surface area contributed by atoms with Gasteiger partial charge in [0.25, 0.3) is 0 Å². The Morgan fingerprint density at radius 1 is 1.14 bits per heavy atom. The lowest BCUT2D eigenvalue weighted by Gasteiger charge is -2.40. The van der Waals surface area contributed by atoms with Gasteiger partial charge in [0.15, 0.2) is 0 Å². The number of nitrogens with one attached hydrogen (secondary N) is 1. The molecule has 5 nitrogen and oxygen atoms in total. The SMILES string of the molecule is CCCCC(CCC)(CCCC)C(C)CCNCc1ccc(OC(N)=O)nc1. The largest absolute Gasteiger partial charge is 0.411 e. The van der Waals surface area contributed by atoms with Crippen LogP contribution < -0.4 is 15.8 Å². The first-order chi connectivity index (χ1) is 13.5. The molecular weight excluding hydrogens is 350 g/mol. The van der Waals surface area contributed by atoms with E-state index in [0.717, 1.165) is 24.6 Å². The number of carbonyl (C=O) groups is 1. The lowest BCUT2D eigenvalue weighted by Crippen LogP contribution is -2.31. The molecule has 0 fully saturated rings.